The predicted octanol–water partition coefficient (Wildman–Crippen LogP) is 3.13. The molecule has 1 aromatic rings. The molecule has 0 aliphatic rings. The van der Waals surface area contributed by atoms with E-state index >= 15 is 0 Å². The average molecular weight is 265 g/mol. The second-order valence-corrected chi connectivity index (χ2v) is 6.10. The van der Waals surface area contributed by atoms with E-state index in [4.69, 9.17) is 15.2 Å². The zero-order chi connectivity index (χ0) is 14.4. The van der Waals surface area contributed by atoms with E-state index in [1.165, 1.54) is 5.56 Å². The van der Waals surface area contributed by atoms with Gasteiger partial charge in [-0.3, -0.25) is 0 Å². The van der Waals surface area contributed by atoms with Crippen molar-refractivity contribution in [1.29, 1.82) is 0 Å². The van der Waals surface area contributed by atoms with Crippen LogP contribution >= 0.6 is 0 Å². The van der Waals surface area contributed by atoms with Gasteiger partial charge in [0.25, 0.3) is 0 Å². The summed E-state index contributed by atoms with van der Waals surface area (Å²) in [7, 11) is 0. The minimum atomic E-state index is -0.254. The molecule has 0 saturated carbocycles. The normalized spacial score (nSPS) is 12.7. The summed E-state index contributed by atoms with van der Waals surface area (Å²) in [5.74, 6) is 0. The highest BCUT2D eigenvalue weighted by Crippen LogP contribution is 2.19. The molecule has 0 bridgehead atoms. The largest absolute Gasteiger partial charge is 0.374 e. The van der Waals surface area contributed by atoms with Gasteiger partial charge in [0, 0.05) is 6.54 Å². The number of rotatable bonds is 8. The molecule has 0 saturated heterocycles. The van der Waals surface area contributed by atoms with Crippen molar-refractivity contribution in [1.82, 2.24) is 0 Å². The summed E-state index contributed by atoms with van der Waals surface area (Å²) < 4.78 is 11.7. The van der Waals surface area contributed by atoms with Gasteiger partial charge >= 0.3 is 0 Å². The van der Waals surface area contributed by atoms with Crippen molar-refractivity contribution in [3.63, 3.8) is 0 Å². The fourth-order valence-electron chi connectivity index (χ4n) is 1.56. The van der Waals surface area contributed by atoms with Gasteiger partial charge in [0.2, 0.25) is 0 Å². The fourth-order valence-corrected chi connectivity index (χ4v) is 1.56. The molecular formula is C16H27NO2. The van der Waals surface area contributed by atoms with Crippen molar-refractivity contribution in [2.75, 3.05) is 13.2 Å². The summed E-state index contributed by atoms with van der Waals surface area (Å²) in [6, 6.07) is 10.2. The number of nitrogens with two attached hydrogens (primary N) is 1. The molecule has 3 nitrogen and oxygen atoms in total. The van der Waals surface area contributed by atoms with Crippen LogP contribution in [0.4, 0.5) is 0 Å². The maximum absolute atomic E-state index is 5.95. The molecule has 0 fully saturated rings. The third-order valence-corrected chi connectivity index (χ3v) is 3.16. The molecule has 0 spiro atoms. The van der Waals surface area contributed by atoms with Crippen molar-refractivity contribution in [3.05, 3.63) is 35.9 Å². The molecule has 3 heteroatoms. The minimum Gasteiger partial charge on any atom is -0.374 e. The van der Waals surface area contributed by atoms with Crippen LogP contribution < -0.4 is 5.73 Å². The van der Waals surface area contributed by atoms with Crippen LogP contribution in [0.1, 0.15) is 39.7 Å². The van der Waals surface area contributed by atoms with Crippen LogP contribution in [0.15, 0.2) is 30.3 Å². The van der Waals surface area contributed by atoms with E-state index in [0.29, 0.717) is 19.8 Å². The summed E-state index contributed by atoms with van der Waals surface area (Å²) in [6.07, 6.45) is 0.850. The fraction of sp³-hybridized carbons (Fsp3) is 0.625. The van der Waals surface area contributed by atoms with Crippen molar-refractivity contribution in [2.45, 2.75) is 51.9 Å². The quantitative estimate of drug-likeness (QED) is 0.785. The molecule has 0 unspecified atom stereocenters. The second kappa shape index (κ2) is 7.04. The van der Waals surface area contributed by atoms with Crippen LogP contribution in [0, 0.1) is 0 Å². The number of hydrogen-bond acceptors (Lipinski definition) is 3. The van der Waals surface area contributed by atoms with Gasteiger partial charge < -0.3 is 15.2 Å². The van der Waals surface area contributed by atoms with Crippen LogP contribution in [0.2, 0.25) is 0 Å². The molecule has 1 rings (SSSR count). The van der Waals surface area contributed by atoms with E-state index in [-0.39, 0.29) is 11.2 Å². The zero-order valence-electron chi connectivity index (χ0n) is 12.6. The Morgan fingerprint density at radius 2 is 1.58 bits per heavy atom. The van der Waals surface area contributed by atoms with E-state index in [9.17, 15) is 0 Å². The number of hydrogen-bond donors (Lipinski definition) is 1. The Morgan fingerprint density at radius 3 is 2.16 bits per heavy atom. The van der Waals surface area contributed by atoms with Gasteiger partial charge in [-0.15, -0.1) is 0 Å². The molecule has 108 valence electrons. The van der Waals surface area contributed by atoms with E-state index in [0.717, 1.165) is 6.42 Å². The Balaban J connectivity index is 2.32. The van der Waals surface area contributed by atoms with E-state index in [1.54, 1.807) is 0 Å². The van der Waals surface area contributed by atoms with Crippen LogP contribution in [0.5, 0.6) is 0 Å². The average Bonchev–Trinajstić information content (AvgIpc) is 2.37. The molecular weight excluding hydrogens is 238 g/mol. The maximum Gasteiger partial charge on any atom is 0.0748 e. The molecule has 0 radical (unpaired) electrons. The lowest BCUT2D eigenvalue weighted by Gasteiger charge is -2.29. The molecule has 19 heavy (non-hydrogen) atoms. The Hall–Kier alpha value is -0.900. The summed E-state index contributed by atoms with van der Waals surface area (Å²) in [5.41, 5.74) is 6.38. The van der Waals surface area contributed by atoms with Gasteiger partial charge in [0.05, 0.1) is 24.4 Å². The van der Waals surface area contributed by atoms with Gasteiger partial charge in [-0.25, -0.2) is 0 Å². The zero-order valence-corrected chi connectivity index (χ0v) is 12.6. The highest BCUT2D eigenvalue weighted by Gasteiger charge is 2.21. The van der Waals surface area contributed by atoms with Gasteiger partial charge in [-0.05, 0) is 39.7 Å². The smallest absolute Gasteiger partial charge is 0.0748 e. The highest BCUT2D eigenvalue weighted by atomic mass is 16.5. The topological polar surface area (TPSA) is 44.5 Å². The first-order valence-corrected chi connectivity index (χ1v) is 6.87. The summed E-state index contributed by atoms with van der Waals surface area (Å²) in [6.45, 7) is 10.0. The van der Waals surface area contributed by atoms with Crippen LogP contribution in [-0.2, 0) is 16.1 Å². The summed E-state index contributed by atoms with van der Waals surface area (Å²) in [4.78, 5) is 0. The molecule has 0 heterocycles. The predicted molar refractivity (Wildman–Crippen MR) is 79.0 cm³/mol. The molecule has 2 N–H and O–H groups in total. The SMILES string of the molecule is CC(C)(CN)OCCC(C)(C)OCc1ccccc1. The molecule has 0 aliphatic carbocycles. The number of ether oxygens (including phenoxy) is 2. The van der Waals surface area contributed by atoms with E-state index in [1.807, 2.05) is 32.0 Å². The third kappa shape index (κ3) is 6.71. The molecule has 1 aromatic carbocycles. The van der Waals surface area contributed by atoms with Crippen LogP contribution in [0.25, 0.3) is 0 Å². The Morgan fingerprint density at radius 1 is 0.947 bits per heavy atom. The van der Waals surface area contributed by atoms with Gasteiger partial charge in [-0.2, -0.15) is 0 Å². The monoisotopic (exact) mass is 265 g/mol. The van der Waals surface area contributed by atoms with Crippen LogP contribution in [-0.4, -0.2) is 24.4 Å². The molecule has 0 aromatic heterocycles. The van der Waals surface area contributed by atoms with Gasteiger partial charge in [-0.1, -0.05) is 30.3 Å². The third-order valence-electron chi connectivity index (χ3n) is 3.16. The molecule has 0 atom stereocenters. The van der Waals surface area contributed by atoms with E-state index < -0.39 is 0 Å². The first-order chi connectivity index (χ1) is 8.85. The first-order valence-electron chi connectivity index (χ1n) is 6.87. The maximum atomic E-state index is 5.95. The lowest BCUT2D eigenvalue weighted by atomic mass is 10.1. The summed E-state index contributed by atoms with van der Waals surface area (Å²) in [5, 5.41) is 0. The lowest BCUT2D eigenvalue weighted by molar-refractivity contribution is -0.0753. The lowest BCUT2D eigenvalue weighted by Crippen LogP contribution is -2.36. The van der Waals surface area contributed by atoms with Crippen molar-refractivity contribution < 1.29 is 9.47 Å². The van der Waals surface area contributed by atoms with E-state index in [2.05, 4.69) is 26.0 Å². The molecule has 0 amide bonds. The highest BCUT2D eigenvalue weighted by molar-refractivity contribution is 5.13. The Labute approximate surface area is 117 Å². The molecule has 0 aliphatic heterocycles. The van der Waals surface area contributed by atoms with Crippen molar-refractivity contribution in [3.8, 4) is 0 Å². The standard InChI is InChI=1S/C16H27NO2/c1-15(2,10-11-18-16(3,4)13-17)19-12-14-8-6-5-7-9-14/h5-9H,10-13,17H2,1-4H3. The Bertz CT molecular complexity index is 360. The summed E-state index contributed by atoms with van der Waals surface area (Å²) >= 11 is 0. The van der Waals surface area contributed by atoms with Crippen molar-refractivity contribution >= 4 is 0 Å². The van der Waals surface area contributed by atoms with Crippen LogP contribution in [0.3, 0.4) is 0 Å². The number of benzene rings is 1. The van der Waals surface area contributed by atoms with Gasteiger partial charge in [0.1, 0.15) is 0 Å². The first kappa shape index (κ1) is 16.2. The van der Waals surface area contributed by atoms with Crippen molar-refractivity contribution in [2.24, 2.45) is 5.73 Å². The Kier molecular flexibility index (Phi) is 5.98. The van der Waals surface area contributed by atoms with Gasteiger partial charge in [0.15, 0.2) is 0 Å². The minimum absolute atomic E-state index is 0.194. The second-order valence-electron chi connectivity index (χ2n) is 6.10.